The summed E-state index contributed by atoms with van der Waals surface area (Å²) in [6, 6.07) is 19.0. The number of anilines is 1. The summed E-state index contributed by atoms with van der Waals surface area (Å²) in [6.07, 6.45) is 1.11. The molecule has 2 aromatic carbocycles. The Labute approximate surface area is 156 Å². The van der Waals surface area contributed by atoms with Gasteiger partial charge in [0, 0.05) is 36.9 Å². The second kappa shape index (κ2) is 9.13. The second-order valence-corrected chi connectivity index (χ2v) is 6.42. The lowest BCUT2D eigenvalue weighted by Crippen LogP contribution is -2.44. The number of aliphatic imine (C=N–C) groups is 1. The first-order chi connectivity index (χ1) is 12.8. The lowest BCUT2D eigenvalue weighted by molar-refractivity contribution is 0.410. The standard InChI is InChI=1S/C21H28N4O/c1-3-22-21(23-15-17-9-7-8-12-20(17)26-2)24-18-13-14-25(16-18)19-10-5-4-6-11-19/h4-12,18H,3,13-16H2,1-2H3,(H2,22,23,24). The minimum absolute atomic E-state index is 0.394. The number of nitrogens with one attached hydrogen (secondary N) is 2. The van der Waals surface area contributed by atoms with Crippen molar-refractivity contribution in [2.45, 2.75) is 25.9 Å². The molecule has 0 aromatic heterocycles. The van der Waals surface area contributed by atoms with Crippen LogP contribution < -0.4 is 20.3 Å². The van der Waals surface area contributed by atoms with Crippen LogP contribution in [0.4, 0.5) is 5.69 Å². The van der Waals surface area contributed by atoms with E-state index in [1.165, 1.54) is 5.69 Å². The van der Waals surface area contributed by atoms with E-state index in [2.05, 4.69) is 58.9 Å². The van der Waals surface area contributed by atoms with Gasteiger partial charge in [-0.2, -0.15) is 0 Å². The molecule has 1 saturated heterocycles. The number of methoxy groups -OCH3 is 1. The summed E-state index contributed by atoms with van der Waals surface area (Å²) in [5, 5.41) is 6.93. The van der Waals surface area contributed by atoms with Crippen LogP contribution in [0.3, 0.4) is 0 Å². The van der Waals surface area contributed by atoms with Gasteiger partial charge in [-0.25, -0.2) is 4.99 Å². The highest BCUT2D eigenvalue weighted by molar-refractivity contribution is 5.80. The number of hydrogen-bond donors (Lipinski definition) is 2. The summed E-state index contributed by atoms with van der Waals surface area (Å²) in [5.41, 5.74) is 2.37. The van der Waals surface area contributed by atoms with Gasteiger partial charge in [-0.15, -0.1) is 0 Å². The van der Waals surface area contributed by atoms with Crippen molar-refractivity contribution in [3.8, 4) is 5.75 Å². The van der Waals surface area contributed by atoms with Gasteiger partial charge in [0.25, 0.3) is 0 Å². The van der Waals surface area contributed by atoms with E-state index < -0.39 is 0 Å². The molecule has 5 nitrogen and oxygen atoms in total. The summed E-state index contributed by atoms with van der Waals surface area (Å²) in [7, 11) is 1.70. The van der Waals surface area contributed by atoms with Crippen LogP contribution in [0, 0.1) is 0 Å². The zero-order valence-corrected chi connectivity index (χ0v) is 15.6. The molecule has 1 aliphatic heterocycles. The Kier molecular flexibility index (Phi) is 6.36. The maximum atomic E-state index is 5.42. The largest absolute Gasteiger partial charge is 0.496 e. The second-order valence-electron chi connectivity index (χ2n) is 6.42. The van der Waals surface area contributed by atoms with Crippen LogP contribution in [-0.2, 0) is 6.54 Å². The molecule has 5 heteroatoms. The first-order valence-electron chi connectivity index (χ1n) is 9.27. The lowest BCUT2D eigenvalue weighted by atomic mass is 10.2. The van der Waals surface area contributed by atoms with E-state index in [-0.39, 0.29) is 0 Å². The number of benzene rings is 2. The summed E-state index contributed by atoms with van der Waals surface area (Å²) in [6.45, 7) is 5.57. The topological polar surface area (TPSA) is 48.9 Å². The van der Waals surface area contributed by atoms with Gasteiger partial charge in [0.2, 0.25) is 0 Å². The molecule has 0 spiro atoms. The van der Waals surface area contributed by atoms with Crippen LogP contribution in [-0.4, -0.2) is 38.7 Å². The van der Waals surface area contributed by atoms with E-state index in [9.17, 15) is 0 Å². The number of rotatable bonds is 6. The average Bonchev–Trinajstić information content (AvgIpc) is 3.16. The van der Waals surface area contributed by atoms with Gasteiger partial charge in [0.1, 0.15) is 5.75 Å². The van der Waals surface area contributed by atoms with Crippen LogP contribution in [0.2, 0.25) is 0 Å². The van der Waals surface area contributed by atoms with Crippen molar-refractivity contribution in [2.75, 3.05) is 31.6 Å². The Morgan fingerprint density at radius 1 is 1.15 bits per heavy atom. The summed E-state index contributed by atoms with van der Waals surface area (Å²) in [5.74, 6) is 1.74. The van der Waals surface area contributed by atoms with Gasteiger partial charge in [-0.05, 0) is 31.5 Å². The molecule has 0 aliphatic carbocycles. The van der Waals surface area contributed by atoms with Crippen molar-refractivity contribution < 1.29 is 4.74 Å². The first kappa shape index (κ1) is 18.1. The molecule has 2 N–H and O–H groups in total. The highest BCUT2D eigenvalue weighted by atomic mass is 16.5. The Morgan fingerprint density at radius 3 is 2.69 bits per heavy atom. The highest BCUT2D eigenvalue weighted by Crippen LogP contribution is 2.20. The van der Waals surface area contributed by atoms with Crippen LogP contribution in [0.25, 0.3) is 0 Å². The third-order valence-corrected chi connectivity index (χ3v) is 4.59. The monoisotopic (exact) mass is 352 g/mol. The van der Waals surface area contributed by atoms with E-state index in [4.69, 9.17) is 9.73 Å². The van der Waals surface area contributed by atoms with Gasteiger partial charge in [-0.3, -0.25) is 0 Å². The predicted octanol–water partition coefficient (Wildman–Crippen LogP) is 3.03. The molecule has 26 heavy (non-hydrogen) atoms. The SMILES string of the molecule is CCNC(=NCc1ccccc1OC)NC1CCN(c2ccccc2)C1. The van der Waals surface area contributed by atoms with Crippen LogP contribution in [0.5, 0.6) is 5.75 Å². The molecule has 0 bridgehead atoms. The summed E-state index contributed by atoms with van der Waals surface area (Å²) < 4.78 is 5.42. The predicted molar refractivity (Wildman–Crippen MR) is 108 cm³/mol. The van der Waals surface area contributed by atoms with Crippen molar-refractivity contribution in [1.82, 2.24) is 10.6 Å². The van der Waals surface area contributed by atoms with Crippen LogP contribution in [0.1, 0.15) is 18.9 Å². The third-order valence-electron chi connectivity index (χ3n) is 4.59. The van der Waals surface area contributed by atoms with Crippen molar-refractivity contribution in [1.29, 1.82) is 0 Å². The molecular weight excluding hydrogens is 324 g/mol. The quantitative estimate of drug-likeness (QED) is 0.620. The molecular formula is C21H28N4O. The zero-order valence-electron chi connectivity index (χ0n) is 15.6. The Balaban J connectivity index is 1.62. The minimum Gasteiger partial charge on any atom is -0.496 e. The molecule has 138 valence electrons. The Bertz CT molecular complexity index is 717. The summed E-state index contributed by atoms with van der Waals surface area (Å²) >= 11 is 0. The van der Waals surface area contributed by atoms with Crippen LogP contribution in [0.15, 0.2) is 59.6 Å². The number of nitrogens with zero attached hydrogens (tertiary/aromatic N) is 2. The molecule has 3 rings (SSSR count). The zero-order chi connectivity index (χ0) is 18.2. The Morgan fingerprint density at radius 2 is 1.92 bits per heavy atom. The third kappa shape index (κ3) is 4.69. The van der Waals surface area contributed by atoms with Crippen molar-refractivity contribution in [2.24, 2.45) is 4.99 Å². The van der Waals surface area contributed by atoms with E-state index in [1.54, 1.807) is 7.11 Å². The van der Waals surface area contributed by atoms with Gasteiger partial charge in [-0.1, -0.05) is 36.4 Å². The fraction of sp³-hybridized carbons (Fsp3) is 0.381. The van der Waals surface area contributed by atoms with Gasteiger partial charge in [0.15, 0.2) is 5.96 Å². The first-order valence-corrected chi connectivity index (χ1v) is 9.27. The molecule has 0 radical (unpaired) electrons. The number of ether oxygens (including phenoxy) is 1. The molecule has 1 aliphatic rings. The number of hydrogen-bond acceptors (Lipinski definition) is 3. The van der Waals surface area contributed by atoms with E-state index in [1.807, 2.05) is 18.2 Å². The highest BCUT2D eigenvalue weighted by Gasteiger charge is 2.23. The van der Waals surface area contributed by atoms with Gasteiger partial charge >= 0.3 is 0 Å². The maximum absolute atomic E-state index is 5.42. The van der Waals surface area contributed by atoms with E-state index >= 15 is 0 Å². The molecule has 1 heterocycles. The molecule has 0 amide bonds. The maximum Gasteiger partial charge on any atom is 0.191 e. The fourth-order valence-electron chi connectivity index (χ4n) is 3.26. The van der Waals surface area contributed by atoms with E-state index in [0.717, 1.165) is 43.3 Å². The molecule has 1 atom stereocenters. The minimum atomic E-state index is 0.394. The fourth-order valence-corrected chi connectivity index (χ4v) is 3.26. The number of guanidine groups is 1. The van der Waals surface area contributed by atoms with Crippen molar-refractivity contribution in [3.05, 3.63) is 60.2 Å². The molecule has 0 saturated carbocycles. The lowest BCUT2D eigenvalue weighted by Gasteiger charge is -2.20. The molecule has 1 unspecified atom stereocenters. The van der Waals surface area contributed by atoms with Gasteiger partial charge in [0.05, 0.1) is 13.7 Å². The normalized spacial score (nSPS) is 17.2. The van der Waals surface area contributed by atoms with Crippen molar-refractivity contribution in [3.63, 3.8) is 0 Å². The number of para-hydroxylation sites is 2. The Hall–Kier alpha value is -2.69. The van der Waals surface area contributed by atoms with Gasteiger partial charge < -0.3 is 20.3 Å². The molecule has 2 aromatic rings. The smallest absolute Gasteiger partial charge is 0.191 e. The summed E-state index contributed by atoms with van der Waals surface area (Å²) in [4.78, 5) is 7.17. The van der Waals surface area contributed by atoms with Crippen molar-refractivity contribution >= 4 is 11.6 Å². The molecule has 1 fully saturated rings. The average molecular weight is 352 g/mol. The van der Waals surface area contributed by atoms with E-state index in [0.29, 0.717) is 12.6 Å². The van der Waals surface area contributed by atoms with Crippen LogP contribution >= 0.6 is 0 Å².